The van der Waals surface area contributed by atoms with E-state index in [0.717, 1.165) is 0 Å². The van der Waals surface area contributed by atoms with E-state index in [0.29, 0.717) is 5.41 Å². The molecule has 1 aliphatic heterocycles. The lowest BCUT2D eigenvalue weighted by molar-refractivity contribution is 0.00578. The van der Waals surface area contributed by atoms with E-state index >= 15 is 0 Å². The second kappa shape index (κ2) is 4.38. The molecule has 2 rings (SSSR count). The Morgan fingerprint density at radius 3 is 2.06 bits per heavy atom. The summed E-state index contributed by atoms with van der Waals surface area (Å²) in [4.78, 5) is 0. The van der Waals surface area contributed by atoms with Gasteiger partial charge in [0, 0.05) is 0 Å². The van der Waals surface area contributed by atoms with Crippen molar-refractivity contribution < 1.29 is 9.31 Å². The molecule has 0 spiro atoms. The molecule has 0 radical (unpaired) electrons. The van der Waals surface area contributed by atoms with E-state index < -0.39 is 0 Å². The Bertz CT molecular complexity index is 340. The molecule has 0 atom stereocenters. The van der Waals surface area contributed by atoms with E-state index in [1.54, 1.807) is 0 Å². The molecular weight excluding hydrogens is 223 g/mol. The minimum absolute atomic E-state index is 0.168. The van der Waals surface area contributed by atoms with Gasteiger partial charge in [0.15, 0.2) is 0 Å². The van der Waals surface area contributed by atoms with Gasteiger partial charge in [-0.2, -0.15) is 0 Å². The van der Waals surface area contributed by atoms with Gasteiger partial charge in [-0.05, 0) is 58.8 Å². The molecule has 1 heterocycles. The van der Waals surface area contributed by atoms with Gasteiger partial charge >= 0.3 is 7.12 Å². The summed E-state index contributed by atoms with van der Waals surface area (Å²) in [6.45, 7) is 13.1. The van der Waals surface area contributed by atoms with E-state index in [1.807, 2.05) is 0 Å². The second-order valence-electron chi connectivity index (χ2n) is 7.64. The van der Waals surface area contributed by atoms with Gasteiger partial charge in [0.2, 0.25) is 0 Å². The lowest BCUT2D eigenvalue weighted by atomic mass is 9.72. The maximum absolute atomic E-state index is 6.04. The average Bonchev–Trinajstić information content (AvgIpc) is 2.32. The monoisotopic (exact) mass is 250 g/mol. The maximum atomic E-state index is 6.04. The third kappa shape index (κ3) is 2.83. The molecule has 102 valence electrons. The van der Waals surface area contributed by atoms with Crippen LogP contribution in [0, 0.1) is 5.41 Å². The van der Waals surface area contributed by atoms with Crippen molar-refractivity contribution in [3.8, 4) is 0 Å². The Morgan fingerprint density at radius 2 is 1.56 bits per heavy atom. The SMILES string of the molecule is CC1(C)CCC/C(=C/B2OC(C)(C)C(C)(C)O2)C1. The van der Waals surface area contributed by atoms with Gasteiger partial charge in [-0.25, -0.2) is 0 Å². The van der Waals surface area contributed by atoms with Crippen molar-refractivity contribution in [2.45, 2.75) is 78.4 Å². The summed E-state index contributed by atoms with van der Waals surface area (Å²) in [5, 5.41) is 0. The first-order valence-corrected chi connectivity index (χ1v) is 7.17. The third-order valence-corrected chi connectivity index (χ3v) is 4.70. The lowest BCUT2D eigenvalue weighted by Crippen LogP contribution is -2.41. The van der Waals surface area contributed by atoms with E-state index in [2.05, 4.69) is 47.5 Å². The minimum Gasteiger partial charge on any atom is -0.400 e. The first-order valence-electron chi connectivity index (χ1n) is 7.17. The quantitative estimate of drug-likeness (QED) is 0.651. The Hall–Kier alpha value is -0.275. The predicted octanol–water partition coefficient (Wildman–Crippen LogP) is 4.14. The zero-order valence-corrected chi connectivity index (χ0v) is 12.8. The molecule has 0 aromatic heterocycles. The largest absolute Gasteiger partial charge is 0.487 e. The van der Waals surface area contributed by atoms with Crippen LogP contribution in [0.1, 0.15) is 67.2 Å². The molecular formula is C15H27BO2. The van der Waals surface area contributed by atoms with E-state index in [4.69, 9.17) is 9.31 Å². The molecule has 18 heavy (non-hydrogen) atoms. The molecule has 0 aromatic rings. The molecule has 3 heteroatoms. The van der Waals surface area contributed by atoms with Crippen molar-refractivity contribution in [2.75, 3.05) is 0 Å². The smallest absolute Gasteiger partial charge is 0.400 e. The maximum Gasteiger partial charge on any atom is 0.487 e. The van der Waals surface area contributed by atoms with Crippen LogP contribution in [-0.2, 0) is 9.31 Å². The zero-order chi connectivity index (χ0) is 13.6. The first-order chi connectivity index (χ1) is 8.11. The fourth-order valence-corrected chi connectivity index (χ4v) is 2.88. The van der Waals surface area contributed by atoms with E-state index in [-0.39, 0.29) is 18.3 Å². The van der Waals surface area contributed by atoms with Crippen LogP contribution in [0.4, 0.5) is 0 Å². The minimum atomic E-state index is -0.223. The van der Waals surface area contributed by atoms with Crippen molar-refractivity contribution in [1.29, 1.82) is 0 Å². The Labute approximate surface area is 112 Å². The van der Waals surface area contributed by atoms with Crippen LogP contribution >= 0.6 is 0 Å². The van der Waals surface area contributed by atoms with Crippen LogP contribution in [0.25, 0.3) is 0 Å². The van der Waals surface area contributed by atoms with E-state index in [9.17, 15) is 0 Å². The normalized spacial score (nSPS) is 31.9. The summed E-state index contributed by atoms with van der Waals surface area (Å²) < 4.78 is 12.1. The highest BCUT2D eigenvalue weighted by molar-refractivity contribution is 6.51. The van der Waals surface area contributed by atoms with Crippen molar-refractivity contribution in [1.82, 2.24) is 0 Å². The van der Waals surface area contributed by atoms with Crippen LogP contribution in [0.15, 0.2) is 11.5 Å². The van der Waals surface area contributed by atoms with Gasteiger partial charge in [-0.3, -0.25) is 0 Å². The number of hydrogen-bond acceptors (Lipinski definition) is 2. The van der Waals surface area contributed by atoms with Crippen LogP contribution in [0.2, 0.25) is 0 Å². The number of hydrogen-bond donors (Lipinski definition) is 0. The zero-order valence-electron chi connectivity index (χ0n) is 12.8. The second-order valence-corrected chi connectivity index (χ2v) is 7.64. The van der Waals surface area contributed by atoms with Gasteiger partial charge in [-0.15, -0.1) is 0 Å². The van der Waals surface area contributed by atoms with Crippen LogP contribution in [0.5, 0.6) is 0 Å². The fraction of sp³-hybridized carbons (Fsp3) is 0.867. The topological polar surface area (TPSA) is 18.5 Å². The molecule has 0 N–H and O–H groups in total. The fourth-order valence-electron chi connectivity index (χ4n) is 2.88. The molecule has 0 amide bonds. The summed E-state index contributed by atoms with van der Waals surface area (Å²) in [6, 6.07) is 0. The summed E-state index contributed by atoms with van der Waals surface area (Å²) >= 11 is 0. The highest BCUT2D eigenvalue weighted by Gasteiger charge is 2.50. The van der Waals surface area contributed by atoms with Gasteiger partial charge in [0.1, 0.15) is 0 Å². The van der Waals surface area contributed by atoms with Gasteiger partial charge < -0.3 is 9.31 Å². The van der Waals surface area contributed by atoms with E-state index in [1.165, 1.54) is 31.3 Å². The predicted molar refractivity (Wildman–Crippen MR) is 76.4 cm³/mol. The summed E-state index contributed by atoms with van der Waals surface area (Å²) in [6.07, 6.45) is 5.00. The standard InChI is InChI=1S/C15H27BO2/c1-13(2)9-7-8-12(10-13)11-16-17-14(3,4)15(5,6)18-16/h11H,7-10H2,1-6H3/b12-11-. The highest BCUT2D eigenvalue weighted by Crippen LogP contribution is 2.41. The van der Waals surface area contributed by atoms with Crippen molar-refractivity contribution in [2.24, 2.45) is 5.41 Å². The van der Waals surface area contributed by atoms with Crippen molar-refractivity contribution in [3.05, 3.63) is 11.5 Å². The first kappa shape index (κ1) is 14.1. The van der Waals surface area contributed by atoms with Gasteiger partial charge in [-0.1, -0.05) is 25.4 Å². The number of rotatable bonds is 1. The summed E-state index contributed by atoms with van der Waals surface area (Å²) in [7, 11) is -0.168. The van der Waals surface area contributed by atoms with Crippen molar-refractivity contribution in [3.63, 3.8) is 0 Å². The van der Waals surface area contributed by atoms with Crippen LogP contribution in [0.3, 0.4) is 0 Å². The number of allylic oxidation sites excluding steroid dienone is 1. The molecule has 1 aliphatic carbocycles. The van der Waals surface area contributed by atoms with Crippen LogP contribution < -0.4 is 0 Å². The summed E-state index contributed by atoms with van der Waals surface area (Å²) in [5.74, 6) is 2.22. The Balaban J connectivity index is 2.07. The summed E-state index contributed by atoms with van der Waals surface area (Å²) in [5.41, 5.74) is 1.50. The van der Waals surface area contributed by atoms with Crippen LogP contribution in [-0.4, -0.2) is 18.3 Å². The third-order valence-electron chi connectivity index (χ3n) is 4.70. The molecule has 0 unspecified atom stereocenters. The lowest BCUT2D eigenvalue weighted by Gasteiger charge is -2.32. The van der Waals surface area contributed by atoms with Gasteiger partial charge in [0.25, 0.3) is 0 Å². The molecule has 2 fully saturated rings. The molecule has 0 aromatic carbocycles. The highest BCUT2D eigenvalue weighted by atomic mass is 16.7. The molecule has 2 nitrogen and oxygen atoms in total. The molecule has 1 saturated heterocycles. The van der Waals surface area contributed by atoms with Crippen molar-refractivity contribution >= 4 is 7.12 Å². The molecule has 1 saturated carbocycles. The Morgan fingerprint density at radius 1 is 1.00 bits per heavy atom. The Kier molecular flexibility index (Phi) is 3.44. The molecule has 2 aliphatic rings. The van der Waals surface area contributed by atoms with Gasteiger partial charge in [0.05, 0.1) is 11.2 Å². The average molecular weight is 250 g/mol. The molecule has 0 bridgehead atoms.